The maximum atomic E-state index is 12.0. The number of carbonyl (C=O) groups excluding carboxylic acids is 1. The van der Waals surface area contributed by atoms with Gasteiger partial charge in [-0.1, -0.05) is 25.9 Å². The highest BCUT2D eigenvalue weighted by molar-refractivity contribution is 5.68. The van der Waals surface area contributed by atoms with E-state index >= 15 is 0 Å². The van der Waals surface area contributed by atoms with Gasteiger partial charge in [0.05, 0.1) is 12.0 Å². The van der Waals surface area contributed by atoms with Crippen LogP contribution in [0, 0.1) is 0 Å². The second-order valence-corrected chi connectivity index (χ2v) is 9.10. The molecule has 0 spiro atoms. The smallest absolute Gasteiger partial charge is 0.407 e. The van der Waals surface area contributed by atoms with Crippen molar-refractivity contribution >= 4 is 6.09 Å². The summed E-state index contributed by atoms with van der Waals surface area (Å²) in [5.74, 6) is 1.07. The molecule has 1 amide bonds. The Morgan fingerprint density at radius 3 is 2.60 bits per heavy atom. The van der Waals surface area contributed by atoms with E-state index in [1.165, 1.54) is 0 Å². The van der Waals surface area contributed by atoms with Crippen LogP contribution in [-0.4, -0.2) is 38.6 Å². The number of aliphatic hydroxyl groups is 1. The Labute approximate surface area is 149 Å². The van der Waals surface area contributed by atoms with Crippen molar-refractivity contribution in [2.24, 2.45) is 0 Å². The highest BCUT2D eigenvalue weighted by atomic mass is 16.6. The number of hydrogen-bond acceptors (Lipinski definition) is 6. The SMILES string of the molecule is CC(C)(C)OC(=O)N[C@@H]1CCC[C@](O)(Cc2nc(C(C)(C)C)no2)C1. The molecule has 2 N–H and O–H groups in total. The fourth-order valence-electron chi connectivity index (χ4n) is 3.01. The number of rotatable bonds is 3. The number of alkyl carbamates (subject to hydrolysis) is 1. The molecule has 142 valence electrons. The molecule has 7 nitrogen and oxygen atoms in total. The summed E-state index contributed by atoms with van der Waals surface area (Å²) >= 11 is 0. The molecule has 1 aromatic rings. The van der Waals surface area contributed by atoms with Crippen LogP contribution in [0.1, 0.15) is 78.9 Å². The maximum Gasteiger partial charge on any atom is 0.407 e. The van der Waals surface area contributed by atoms with E-state index in [-0.39, 0.29) is 11.5 Å². The van der Waals surface area contributed by atoms with Crippen LogP contribution in [0.4, 0.5) is 4.79 Å². The highest BCUT2D eigenvalue weighted by Crippen LogP contribution is 2.32. The molecule has 7 heteroatoms. The van der Waals surface area contributed by atoms with Crippen molar-refractivity contribution in [3.05, 3.63) is 11.7 Å². The molecule has 1 aliphatic carbocycles. The van der Waals surface area contributed by atoms with Gasteiger partial charge in [0, 0.05) is 11.5 Å². The van der Waals surface area contributed by atoms with Crippen LogP contribution < -0.4 is 5.32 Å². The first-order valence-corrected chi connectivity index (χ1v) is 8.91. The first kappa shape index (κ1) is 19.7. The fraction of sp³-hybridized carbons (Fsp3) is 0.833. The predicted octanol–water partition coefficient (Wildman–Crippen LogP) is 3.11. The number of carbonyl (C=O) groups is 1. The second-order valence-electron chi connectivity index (χ2n) is 9.10. The number of nitrogens with one attached hydrogen (secondary N) is 1. The van der Waals surface area contributed by atoms with Gasteiger partial charge in [-0.05, 0) is 46.5 Å². The van der Waals surface area contributed by atoms with E-state index in [4.69, 9.17) is 9.26 Å². The first-order chi connectivity index (χ1) is 11.4. The lowest BCUT2D eigenvalue weighted by Crippen LogP contribution is -2.48. The van der Waals surface area contributed by atoms with Crippen LogP contribution in [0.5, 0.6) is 0 Å². The third-order valence-electron chi connectivity index (χ3n) is 4.16. The minimum atomic E-state index is -0.959. The summed E-state index contributed by atoms with van der Waals surface area (Å²) in [7, 11) is 0. The summed E-state index contributed by atoms with van der Waals surface area (Å²) in [6, 6.07) is -0.126. The normalized spacial score (nSPS) is 24.8. The van der Waals surface area contributed by atoms with E-state index in [9.17, 15) is 9.90 Å². The number of nitrogens with zero attached hydrogens (tertiary/aromatic N) is 2. The molecule has 1 heterocycles. The fourth-order valence-corrected chi connectivity index (χ4v) is 3.01. The quantitative estimate of drug-likeness (QED) is 0.866. The lowest BCUT2D eigenvalue weighted by molar-refractivity contribution is -0.0149. The minimum absolute atomic E-state index is 0.126. The monoisotopic (exact) mass is 353 g/mol. The zero-order valence-corrected chi connectivity index (χ0v) is 16.2. The number of hydrogen-bond donors (Lipinski definition) is 2. The molecule has 1 aromatic heterocycles. The van der Waals surface area contributed by atoms with Gasteiger partial charge in [-0.2, -0.15) is 4.98 Å². The zero-order valence-electron chi connectivity index (χ0n) is 16.2. The predicted molar refractivity (Wildman–Crippen MR) is 93.3 cm³/mol. The minimum Gasteiger partial charge on any atom is -0.444 e. The molecule has 25 heavy (non-hydrogen) atoms. The van der Waals surface area contributed by atoms with E-state index < -0.39 is 17.3 Å². The van der Waals surface area contributed by atoms with Crippen molar-refractivity contribution in [1.29, 1.82) is 0 Å². The van der Waals surface area contributed by atoms with Crippen molar-refractivity contribution in [3.63, 3.8) is 0 Å². The van der Waals surface area contributed by atoms with Gasteiger partial charge >= 0.3 is 6.09 Å². The van der Waals surface area contributed by atoms with E-state index in [2.05, 4.69) is 15.5 Å². The van der Waals surface area contributed by atoms with Crippen LogP contribution in [0.25, 0.3) is 0 Å². The van der Waals surface area contributed by atoms with Crippen LogP contribution in [0.15, 0.2) is 4.52 Å². The van der Waals surface area contributed by atoms with Gasteiger partial charge in [0.25, 0.3) is 0 Å². The van der Waals surface area contributed by atoms with Crippen molar-refractivity contribution in [2.75, 3.05) is 0 Å². The molecular weight excluding hydrogens is 322 g/mol. The average Bonchev–Trinajstić information content (AvgIpc) is 2.83. The topological polar surface area (TPSA) is 97.5 Å². The summed E-state index contributed by atoms with van der Waals surface area (Å²) < 4.78 is 10.6. The molecule has 1 aliphatic rings. The third-order valence-corrected chi connectivity index (χ3v) is 4.16. The molecule has 2 atom stereocenters. The second kappa shape index (κ2) is 6.94. The average molecular weight is 353 g/mol. The van der Waals surface area contributed by atoms with Crippen molar-refractivity contribution < 1.29 is 19.2 Å². The molecule has 1 fully saturated rings. The Morgan fingerprint density at radius 2 is 2.04 bits per heavy atom. The lowest BCUT2D eigenvalue weighted by Gasteiger charge is -2.36. The standard InChI is InChI=1S/C18H31N3O4/c1-16(2,3)14-20-13(25-21-14)11-18(23)9-7-8-12(10-18)19-15(22)24-17(4,5)6/h12,23H,7-11H2,1-6H3,(H,19,22)/t12-,18-/m1/s1. The molecular formula is C18H31N3O4. The maximum absolute atomic E-state index is 12.0. The third kappa shape index (κ3) is 5.99. The van der Waals surface area contributed by atoms with Crippen LogP contribution >= 0.6 is 0 Å². The van der Waals surface area contributed by atoms with Gasteiger partial charge in [-0.25, -0.2) is 4.79 Å². The lowest BCUT2D eigenvalue weighted by atomic mass is 9.79. The molecule has 2 rings (SSSR count). The molecule has 0 unspecified atom stereocenters. The number of aromatic nitrogens is 2. The Kier molecular flexibility index (Phi) is 5.47. The Balaban J connectivity index is 1.96. The summed E-state index contributed by atoms with van der Waals surface area (Å²) in [4.78, 5) is 16.4. The molecule has 0 radical (unpaired) electrons. The molecule has 0 aromatic carbocycles. The summed E-state index contributed by atoms with van der Waals surface area (Å²) in [5, 5.41) is 17.8. The Hall–Kier alpha value is -1.63. The van der Waals surface area contributed by atoms with Gasteiger partial charge in [-0.3, -0.25) is 0 Å². The summed E-state index contributed by atoms with van der Waals surface area (Å²) in [5.41, 5.74) is -1.69. The molecule has 1 saturated carbocycles. The Bertz CT molecular complexity index is 600. The van der Waals surface area contributed by atoms with Gasteiger partial charge in [0.1, 0.15) is 5.60 Å². The van der Waals surface area contributed by atoms with Crippen LogP contribution in [0.2, 0.25) is 0 Å². The van der Waals surface area contributed by atoms with Crippen LogP contribution in [0.3, 0.4) is 0 Å². The highest BCUT2D eigenvalue weighted by Gasteiger charge is 2.37. The zero-order chi connectivity index (χ0) is 18.9. The molecule has 0 bridgehead atoms. The van der Waals surface area contributed by atoms with E-state index in [0.717, 1.165) is 12.8 Å². The van der Waals surface area contributed by atoms with Gasteiger partial charge in [-0.15, -0.1) is 0 Å². The van der Waals surface area contributed by atoms with Gasteiger partial charge in [0.15, 0.2) is 5.82 Å². The number of ether oxygens (including phenoxy) is 1. The molecule has 0 saturated heterocycles. The molecule has 0 aliphatic heterocycles. The largest absolute Gasteiger partial charge is 0.444 e. The summed E-state index contributed by atoms with van der Waals surface area (Å²) in [6.07, 6.45) is 2.57. The van der Waals surface area contributed by atoms with Crippen molar-refractivity contribution in [1.82, 2.24) is 15.5 Å². The van der Waals surface area contributed by atoms with Crippen molar-refractivity contribution in [3.8, 4) is 0 Å². The summed E-state index contributed by atoms with van der Waals surface area (Å²) in [6.45, 7) is 11.5. The number of amides is 1. The van der Waals surface area contributed by atoms with Crippen LogP contribution in [-0.2, 0) is 16.6 Å². The van der Waals surface area contributed by atoms with E-state index in [1.54, 1.807) is 0 Å². The first-order valence-electron chi connectivity index (χ1n) is 8.91. The van der Waals surface area contributed by atoms with E-state index in [1.807, 2.05) is 41.5 Å². The Morgan fingerprint density at radius 1 is 1.36 bits per heavy atom. The van der Waals surface area contributed by atoms with Gasteiger partial charge in [0.2, 0.25) is 5.89 Å². The van der Waals surface area contributed by atoms with E-state index in [0.29, 0.717) is 31.0 Å². The van der Waals surface area contributed by atoms with Gasteiger partial charge < -0.3 is 19.7 Å². The van der Waals surface area contributed by atoms with Crippen molar-refractivity contribution in [2.45, 2.75) is 96.3 Å².